The average Bonchev–Trinajstić information content (AvgIpc) is 2.99. The zero-order valence-electron chi connectivity index (χ0n) is 12.2. The van der Waals surface area contributed by atoms with Gasteiger partial charge >= 0.3 is 0 Å². The van der Waals surface area contributed by atoms with E-state index in [1.54, 1.807) is 25.6 Å². The van der Waals surface area contributed by atoms with Crippen LogP contribution in [0.15, 0.2) is 35.7 Å². The van der Waals surface area contributed by atoms with Crippen LogP contribution < -0.4 is 14.8 Å². The Morgan fingerprint density at radius 1 is 1.15 bits per heavy atom. The van der Waals surface area contributed by atoms with Crippen molar-refractivity contribution in [2.75, 3.05) is 20.8 Å². The lowest BCUT2D eigenvalue weighted by Gasteiger charge is -2.19. The van der Waals surface area contributed by atoms with E-state index in [1.807, 2.05) is 6.07 Å². The van der Waals surface area contributed by atoms with Gasteiger partial charge in [-0.05, 0) is 35.7 Å². The molecule has 1 N–H and O–H groups in total. The van der Waals surface area contributed by atoms with Gasteiger partial charge in [-0.15, -0.1) is 11.3 Å². The van der Waals surface area contributed by atoms with Crippen LogP contribution >= 0.6 is 11.3 Å². The predicted molar refractivity (Wildman–Crippen MR) is 84.0 cm³/mol. The molecule has 0 radical (unpaired) electrons. The molecule has 0 spiro atoms. The van der Waals surface area contributed by atoms with Gasteiger partial charge in [-0.3, -0.25) is 0 Å². The molecule has 1 heterocycles. The van der Waals surface area contributed by atoms with Gasteiger partial charge in [-0.25, -0.2) is 0 Å². The minimum absolute atomic E-state index is 0.290. The number of likely N-dealkylation sites (N-methyl/N-ethyl adjacent to an activating group) is 1. The normalized spacial score (nSPS) is 12.2. The Morgan fingerprint density at radius 3 is 2.55 bits per heavy atom. The molecule has 0 fully saturated rings. The summed E-state index contributed by atoms with van der Waals surface area (Å²) in [7, 11) is 3.33. The number of hydrogen-bond acceptors (Lipinski definition) is 4. The summed E-state index contributed by atoms with van der Waals surface area (Å²) >= 11 is 1.79. The fourth-order valence-corrected chi connectivity index (χ4v) is 3.01. The van der Waals surface area contributed by atoms with Crippen LogP contribution in [0.5, 0.6) is 11.5 Å². The van der Waals surface area contributed by atoms with Crippen LogP contribution in [0.25, 0.3) is 0 Å². The molecule has 0 amide bonds. The molecule has 20 heavy (non-hydrogen) atoms. The molecule has 0 bridgehead atoms. The minimum Gasteiger partial charge on any atom is -0.493 e. The molecule has 2 aromatic rings. The molecule has 108 valence electrons. The lowest BCUT2D eigenvalue weighted by Crippen LogP contribution is -2.22. The standard InChI is InChI=1S/C16H21NO2S/c1-4-17-14(11-13-6-5-9-20-13)12-7-8-15(18-2)16(10-12)19-3/h5-10,14,17H,4,11H2,1-3H3. The van der Waals surface area contributed by atoms with Crippen molar-refractivity contribution in [3.63, 3.8) is 0 Å². The Hall–Kier alpha value is -1.52. The second kappa shape index (κ2) is 7.31. The molecule has 0 saturated heterocycles. The monoisotopic (exact) mass is 291 g/mol. The van der Waals surface area contributed by atoms with E-state index in [4.69, 9.17) is 9.47 Å². The third-order valence-electron chi connectivity index (χ3n) is 3.25. The van der Waals surface area contributed by atoms with E-state index < -0.39 is 0 Å². The van der Waals surface area contributed by atoms with Crippen LogP contribution in [0.2, 0.25) is 0 Å². The van der Waals surface area contributed by atoms with Crippen molar-refractivity contribution < 1.29 is 9.47 Å². The van der Waals surface area contributed by atoms with Crippen LogP contribution in [-0.2, 0) is 6.42 Å². The number of hydrogen-bond donors (Lipinski definition) is 1. The molecule has 1 aromatic carbocycles. The Bertz CT molecular complexity index is 525. The van der Waals surface area contributed by atoms with Crippen LogP contribution in [0.1, 0.15) is 23.4 Å². The van der Waals surface area contributed by atoms with E-state index in [0.29, 0.717) is 6.04 Å². The lowest BCUT2D eigenvalue weighted by atomic mass is 10.0. The number of methoxy groups -OCH3 is 2. The van der Waals surface area contributed by atoms with Gasteiger partial charge in [0.1, 0.15) is 0 Å². The predicted octanol–water partition coefficient (Wildman–Crippen LogP) is 3.66. The highest BCUT2D eigenvalue weighted by Gasteiger charge is 2.14. The quantitative estimate of drug-likeness (QED) is 0.844. The van der Waals surface area contributed by atoms with Gasteiger partial charge in [-0.1, -0.05) is 19.1 Å². The third-order valence-corrected chi connectivity index (χ3v) is 4.14. The first-order valence-electron chi connectivity index (χ1n) is 6.76. The number of nitrogens with one attached hydrogen (secondary N) is 1. The minimum atomic E-state index is 0.290. The molecular formula is C16H21NO2S. The SMILES string of the molecule is CCNC(Cc1cccs1)c1ccc(OC)c(OC)c1. The number of thiophene rings is 1. The first-order chi connectivity index (χ1) is 9.78. The van der Waals surface area contributed by atoms with Gasteiger partial charge in [0.15, 0.2) is 11.5 Å². The zero-order chi connectivity index (χ0) is 14.4. The molecular weight excluding hydrogens is 270 g/mol. The van der Waals surface area contributed by atoms with Gasteiger partial charge in [-0.2, -0.15) is 0 Å². The summed E-state index contributed by atoms with van der Waals surface area (Å²) in [4.78, 5) is 1.38. The van der Waals surface area contributed by atoms with E-state index in [0.717, 1.165) is 24.5 Å². The molecule has 0 aliphatic rings. The maximum Gasteiger partial charge on any atom is 0.161 e. The molecule has 0 aliphatic carbocycles. The smallest absolute Gasteiger partial charge is 0.161 e. The number of benzene rings is 1. The second-order valence-corrected chi connectivity index (χ2v) is 5.54. The summed E-state index contributed by atoms with van der Waals surface area (Å²) in [6, 6.07) is 10.7. The van der Waals surface area contributed by atoms with Crippen LogP contribution in [-0.4, -0.2) is 20.8 Å². The van der Waals surface area contributed by atoms with E-state index in [1.165, 1.54) is 10.4 Å². The largest absolute Gasteiger partial charge is 0.493 e. The summed E-state index contributed by atoms with van der Waals surface area (Å²) in [5.41, 5.74) is 1.22. The molecule has 1 unspecified atom stereocenters. The fraction of sp³-hybridized carbons (Fsp3) is 0.375. The van der Waals surface area contributed by atoms with Crippen molar-refractivity contribution in [1.82, 2.24) is 5.32 Å². The molecule has 1 atom stereocenters. The van der Waals surface area contributed by atoms with Gasteiger partial charge in [0, 0.05) is 17.3 Å². The summed E-state index contributed by atoms with van der Waals surface area (Å²) in [6.07, 6.45) is 0.987. The first kappa shape index (κ1) is 14.9. The maximum absolute atomic E-state index is 5.39. The fourth-order valence-electron chi connectivity index (χ4n) is 2.25. The Balaban J connectivity index is 2.24. The number of rotatable bonds is 7. The molecule has 0 saturated carbocycles. The zero-order valence-corrected chi connectivity index (χ0v) is 13.0. The van der Waals surface area contributed by atoms with Gasteiger partial charge < -0.3 is 14.8 Å². The van der Waals surface area contributed by atoms with Gasteiger partial charge in [0.25, 0.3) is 0 Å². The Labute approximate surface area is 124 Å². The topological polar surface area (TPSA) is 30.5 Å². The van der Waals surface area contributed by atoms with Crippen LogP contribution in [0.3, 0.4) is 0 Å². The van der Waals surface area contributed by atoms with Crippen molar-refractivity contribution in [2.24, 2.45) is 0 Å². The van der Waals surface area contributed by atoms with E-state index in [2.05, 4.69) is 41.9 Å². The highest BCUT2D eigenvalue weighted by atomic mass is 32.1. The maximum atomic E-state index is 5.39. The van der Waals surface area contributed by atoms with Crippen LogP contribution in [0.4, 0.5) is 0 Å². The van der Waals surface area contributed by atoms with Gasteiger partial charge in [0.05, 0.1) is 14.2 Å². The van der Waals surface area contributed by atoms with Crippen molar-refractivity contribution in [2.45, 2.75) is 19.4 Å². The third kappa shape index (κ3) is 3.52. The summed E-state index contributed by atoms with van der Waals surface area (Å²) < 4.78 is 10.7. The molecule has 3 nitrogen and oxygen atoms in total. The molecule has 2 rings (SSSR count). The first-order valence-corrected chi connectivity index (χ1v) is 7.64. The summed E-state index contributed by atoms with van der Waals surface area (Å²) in [5, 5.41) is 5.65. The molecule has 0 aliphatic heterocycles. The van der Waals surface area contributed by atoms with E-state index in [-0.39, 0.29) is 0 Å². The van der Waals surface area contributed by atoms with Crippen LogP contribution in [0, 0.1) is 0 Å². The molecule has 4 heteroatoms. The Kier molecular flexibility index (Phi) is 5.44. The second-order valence-electron chi connectivity index (χ2n) is 4.51. The average molecular weight is 291 g/mol. The van der Waals surface area contributed by atoms with Crippen molar-refractivity contribution in [3.8, 4) is 11.5 Å². The van der Waals surface area contributed by atoms with Crippen molar-refractivity contribution >= 4 is 11.3 Å². The molecule has 1 aromatic heterocycles. The Morgan fingerprint density at radius 2 is 1.95 bits per heavy atom. The van der Waals surface area contributed by atoms with Crippen molar-refractivity contribution in [3.05, 3.63) is 46.2 Å². The van der Waals surface area contributed by atoms with E-state index >= 15 is 0 Å². The summed E-state index contributed by atoms with van der Waals surface area (Å²) in [5.74, 6) is 1.54. The highest BCUT2D eigenvalue weighted by molar-refractivity contribution is 7.09. The van der Waals surface area contributed by atoms with E-state index in [9.17, 15) is 0 Å². The summed E-state index contributed by atoms with van der Waals surface area (Å²) in [6.45, 7) is 3.06. The van der Waals surface area contributed by atoms with Gasteiger partial charge in [0.2, 0.25) is 0 Å². The van der Waals surface area contributed by atoms with Crippen molar-refractivity contribution in [1.29, 1.82) is 0 Å². The number of ether oxygens (including phenoxy) is 2. The highest BCUT2D eigenvalue weighted by Crippen LogP contribution is 2.31. The lowest BCUT2D eigenvalue weighted by molar-refractivity contribution is 0.354.